The Balaban J connectivity index is 2.13. The summed E-state index contributed by atoms with van der Waals surface area (Å²) < 4.78 is 0.690. The van der Waals surface area contributed by atoms with Crippen molar-refractivity contribution in [1.29, 1.82) is 0 Å². The summed E-state index contributed by atoms with van der Waals surface area (Å²) in [5.41, 5.74) is 0. The normalized spacial score (nSPS) is 26.5. The van der Waals surface area contributed by atoms with Gasteiger partial charge >= 0.3 is 0 Å². The lowest BCUT2D eigenvalue weighted by atomic mass is 9.88. The van der Waals surface area contributed by atoms with Gasteiger partial charge in [-0.05, 0) is 38.4 Å². The smallest absolute Gasteiger partial charge is 0.177 e. The van der Waals surface area contributed by atoms with Gasteiger partial charge in [-0.1, -0.05) is 11.6 Å². The minimum atomic E-state index is 0.119. The van der Waals surface area contributed by atoms with E-state index < -0.39 is 0 Å². The number of thiophene rings is 1. The van der Waals surface area contributed by atoms with E-state index in [1.165, 1.54) is 11.3 Å². The van der Waals surface area contributed by atoms with Gasteiger partial charge in [0.05, 0.1) is 9.21 Å². The van der Waals surface area contributed by atoms with Gasteiger partial charge in [0.1, 0.15) is 0 Å². The highest BCUT2D eigenvalue weighted by molar-refractivity contribution is 7.18. The van der Waals surface area contributed by atoms with Crippen LogP contribution in [0.15, 0.2) is 12.1 Å². The molecule has 2 nitrogen and oxygen atoms in total. The number of ketones is 1. The SMILES string of the molecule is CC1NCCCC1C(=O)c1ccc(Cl)s1. The zero-order valence-electron chi connectivity index (χ0n) is 8.63. The van der Waals surface area contributed by atoms with E-state index in [-0.39, 0.29) is 17.7 Å². The lowest BCUT2D eigenvalue weighted by Crippen LogP contribution is -2.42. The zero-order valence-corrected chi connectivity index (χ0v) is 10.2. The molecule has 0 amide bonds. The van der Waals surface area contributed by atoms with E-state index in [4.69, 9.17) is 11.6 Å². The molecule has 2 atom stereocenters. The number of hydrogen-bond acceptors (Lipinski definition) is 3. The van der Waals surface area contributed by atoms with Crippen molar-refractivity contribution < 1.29 is 4.79 Å². The molecule has 1 aliphatic rings. The van der Waals surface area contributed by atoms with Crippen molar-refractivity contribution >= 4 is 28.7 Å². The number of carbonyl (C=O) groups is 1. The molecule has 0 spiro atoms. The van der Waals surface area contributed by atoms with Crippen molar-refractivity contribution in [3.05, 3.63) is 21.3 Å². The Bertz CT molecular complexity index is 363. The number of hydrogen-bond donors (Lipinski definition) is 1. The van der Waals surface area contributed by atoms with E-state index in [0.29, 0.717) is 4.34 Å². The quantitative estimate of drug-likeness (QED) is 0.810. The Kier molecular flexibility index (Phi) is 3.44. The van der Waals surface area contributed by atoms with Gasteiger partial charge in [-0.2, -0.15) is 0 Å². The lowest BCUT2D eigenvalue weighted by Gasteiger charge is -2.28. The molecule has 0 saturated carbocycles. The zero-order chi connectivity index (χ0) is 10.8. The summed E-state index contributed by atoms with van der Waals surface area (Å²) in [5, 5.41) is 3.34. The average Bonchev–Trinajstić information content (AvgIpc) is 2.65. The minimum Gasteiger partial charge on any atom is -0.314 e. The maximum absolute atomic E-state index is 12.1. The molecule has 0 radical (unpaired) electrons. The molecular weight excluding hydrogens is 230 g/mol. The number of carbonyl (C=O) groups excluding carboxylic acids is 1. The molecule has 2 heterocycles. The van der Waals surface area contributed by atoms with Crippen molar-refractivity contribution in [1.82, 2.24) is 5.32 Å². The molecule has 4 heteroatoms. The Labute approximate surface area is 98.6 Å². The second-order valence-electron chi connectivity index (χ2n) is 3.96. The van der Waals surface area contributed by atoms with Gasteiger partial charge in [0.15, 0.2) is 5.78 Å². The Morgan fingerprint density at radius 2 is 2.40 bits per heavy atom. The highest BCUT2D eigenvalue weighted by Crippen LogP contribution is 2.27. The van der Waals surface area contributed by atoms with Crippen LogP contribution in [0.2, 0.25) is 4.34 Å². The lowest BCUT2D eigenvalue weighted by molar-refractivity contribution is 0.0871. The molecule has 15 heavy (non-hydrogen) atoms. The van der Waals surface area contributed by atoms with Crippen molar-refractivity contribution in [3.63, 3.8) is 0 Å². The highest BCUT2D eigenvalue weighted by Gasteiger charge is 2.28. The third kappa shape index (κ3) is 2.41. The third-order valence-corrected chi connectivity index (χ3v) is 4.16. The van der Waals surface area contributed by atoms with Crippen LogP contribution in [0.3, 0.4) is 0 Å². The monoisotopic (exact) mass is 243 g/mol. The first-order valence-corrected chi connectivity index (χ1v) is 6.41. The summed E-state index contributed by atoms with van der Waals surface area (Å²) in [4.78, 5) is 12.9. The van der Waals surface area contributed by atoms with Gasteiger partial charge in [-0.3, -0.25) is 4.79 Å². The van der Waals surface area contributed by atoms with Gasteiger partial charge in [0.2, 0.25) is 0 Å². The predicted octanol–water partition coefficient (Wildman–Crippen LogP) is 2.97. The van der Waals surface area contributed by atoms with E-state index in [2.05, 4.69) is 12.2 Å². The number of Topliss-reactive ketones (excluding diaryl/α,β-unsaturated/α-hetero) is 1. The minimum absolute atomic E-state index is 0.119. The molecule has 1 aromatic rings. The highest BCUT2D eigenvalue weighted by atomic mass is 35.5. The first-order chi connectivity index (χ1) is 7.18. The number of piperidine rings is 1. The van der Waals surface area contributed by atoms with Gasteiger partial charge < -0.3 is 5.32 Å². The summed E-state index contributed by atoms with van der Waals surface area (Å²) in [6, 6.07) is 3.91. The Morgan fingerprint density at radius 1 is 1.60 bits per heavy atom. The van der Waals surface area contributed by atoms with E-state index in [0.717, 1.165) is 24.3 Å². The summed E-state index contributed by atoms with van der Waals surface area (Å²) in [7, 11) is 0. The average molecular weight is 244 g/mol. The predicted molar refractivity (Wildman–Crippen MR) is 63.8 cm³/mol. The van der Waals surface area contributed by atoms with Crippen molar-refractivity contribution in [3.8, 4) is 0 Å². The molecule has 0 aliphatic carbocycles. The van der Waals surface area contributed by atoms with Gasteiger partial charge in [-0.25, -0.2) is 0 Å². The summed E-state index contributed by atoms with van der Waals surface area (Å²) in [6.07, 6.45) is 2.07. The fraction of sp³-hybridized carbons (Fsp3) is 0.545. The molecule has 0 bridgehead atoms. The third-order valence-electron chi connectivity index (χ3n) is 2.91. The fourth-order valence-electron chi connectivity index (χ4n) is 2.03. The summed E-state index contributed by atoms with van der Waals surface area (Å²) >= 11 is 7.21. The number of halogens is 1. The van der Waals surface area contributed by atoms with E-state index in [9.17, 15) is 4.79 Å². The molecule has 2 unspecified atom stereocenters. The first-order valence-electron chi connectivity index (χ1n) is 5.21. The van der Waals surface area contributed by atoms with E-state index >= 15 is 0 Å². The Hall–Kier alpha value is -0.380. The van der Waals surface area contributed by atoms with Crippen LogP contribution in [0, 0.1) is 5.92 Å². The van der Waals surface area contributed by atoms with Crippen molar-refractivity contribution in [2.24, 2.45) is 5.92 Å². The summed E-state index contributed by atoms with van der Waals surface area (Å²) in [6.45, 7) is 3.10. The second-order valence-corrected chi connectivity index (χ2v) is 5.67. The second kappa shape index (κ2) is 4.64. The van der Waals surface area contributed by atoms with Crippen LogP contribution in [0.25, 0.3) is 0 Å². The van der Waals surface area contributed by atoms with Gasteiger partial charge in [0, 0.05) is 12.0 Å². The number of nitrogens with one attached hydrogen (secondary N) is 1. The Morgan fingerprint density at radius 3 is 3.00 bits per heavy atom. The topological polar surface area (TPSA) is 29.1 Å². The number of rotatable bonds is 2. The van der Waals surface area contributed by atoms with Crippen LogP contribution in [0.4, 0.5) is 0 Å². The molecular formula is C11H14ClNOS. The molecule has 1 aliphatic heterocycles. The maximum Gasteiger partial charge on any atom is 0.177 e. The molecule has 82 valence electrons. The standard InChI is InChI=1S/C11H14ClNOS/c1-7-8(3-2-6-13-7)11(14)9-4-5-10(12)15-9/h4-5,7-8,13H,2-3,6H2,1H3. The van der Waals surface area contributed by atoms with E-state index in [1.807, 2.05) is 6.07 Å². The van der Waals surface area contributed by atoms with Crippen LogP contribution in [-0.4, -0.2) is 18.4 Å². The van der Waals surface area contributed by atoms with Crippen LogP contribution in [0.5, 0.6) is 0 Å². The molecule has 1 N–H and O–H groups in total. The molecule has 2 rings (SSSR count). The van der Waals surface area contributed by atoms with Crippen LogP contribution < -0.4 is 5.32 Å². The maximum atomic E-state index is 12.1. The van der Waals surface area contributed by atoms with Crippen molar-refractivity contribution in [2.45, 2.75) is 25.8 Å². The van der Waals surface area contributed by atoms with Crippen LogP contribution in [0.1, 0.15) is 29.4 Å². The first kappa shape index (κ1) is 11.1. The molecule has 0 aromatic carbocycles. The molecule has 1 aromatic heterocycles. The van der Waals surface area contributed by atoms with Gasteiger partial charge in [-0.15, -0.1) is 11.3 Å². The largest absolute Gasteiger partial charge is 0.314 e. The van der Waals surface area contributed by atoms with E-state index in [1.54, 1.807) is 6.07 Å². The van der Waals surface area contributed by atoms with Crippen LogP contribution >= 0.6 is 22.9 Å². The fourth-order valence-corrected chi connectivity index (χ4v) is 3.08. The van der Waals surface area contributed by atoms with Gasteiger partial charge in [0.25, 0.3) is 0 Å². The molecule has 1 fully saturated rings. The molecule has 1 saturated heterocycles. The summed E-state index contributed by atoms with van der Waals surface area (Å²) in [5.74, 6) is 0.361. The van der Waals surface area contributed by atoms with Crippen LogP contribution in [-0.2, 0) is 0 Å². The van der Waals surface area contributed by atoms with Crippen molar-refractivity contribution in [2.75, 3.05) is 6.54 Å².